The van der Waals surface area contributed by atoms with Gasteiger partial charge in [-0.2, -0.15) is 0 Å². The Labute approximate surface area is 182 Å². The van der Waals surface area contributed by atoms with Crippen molar-refractivity contribution in [3.63, 3.8) is 0 Å². The molecule has 4 aromatic rings. The van der Waals surface area contributed by atoms with Gasteiger partial charge in [-0.05, 0) is 41.8 Å². The molecule has 3 N–H and O–H groups in total. The average Bonchev–Trinajstić information content (AvgIpc) is 3.18. The highest BCUT2D eigenvalue weighted by molar-refractivity contribution is 5.94. The van der Waals surface area contributed by atoms with Crippen molar-refractivity contribution in [2.24, 2.45) is 0 Å². The highest BCUT2D eigenvalue weighted by Gasteiger charge is 2.25. The van der Waals surface area contributed by atoms with Gasteiger partial charge in [-0.25, -0.2) is 14.2 Å². The van der Waals surface area contributed by atoms with Crippen molar-refractivity contribution in [1.82, 2.24) is 9.55 Å². The summed E-state index contributed by atoms with van der Waals surface area (Å²) in [7, 11) is 0. The molecular weight excluding hydrogens is 411 g/mol. The molecule has 2 aromatic carbocycles. The molecule has 0 atom stereocenters. The van der Waals surface area contributed by atoms with Crippen molar-refractivity contribution in [1.29, 1.82) is 0 Å². The fraction of sp³-hybridized carbons (Fsp3) is 0.125. The van der Waals surface area contributed by atoms with Crippen LogP contribution in [0.15, 0.2) is 59.7 Å². The topological polar surface area (TPSA) is 101 Å². The van der Waals surface area contributed by atoms with E-state index in [1.165, 1.54) is 22.9 Å². The number of halogens is 1. The van der Waals surface area contributed by atoms with E-state index in [1.54, 1.807) is 13.0 Å². The Hall–Kier alpha value is -4.20. The van der Waals surface area contributed by atoms with Crippen LogP contribution in [0.1, 0.15) is 27.0 Å². The van der Waals surface area contributed by atoms with Gasteiger partial charge in [0.15, 0.2) is 5.82 Å². The molecule has 0 amide bonds. The summed E-state index contributed by atoms with van der Waals surface area (Å²) in [4.78, 5) is 30.5. The fourth-order valence-electron chi connectivity index (χ4n) is 4.28. The van der Waals surface area contributed by atoms with E-state index in [-0.39, 0.29) is 16.7 Å². The number of fused-ring (bicyclic) bond motifs is 2. The molecule has 0 unspecified atom stereocenters. The molecular formula is C24H19FN4O3. The molecule has 0 fully saturated rings. The molecule has 5 rings (SSSR count). The van der Waals surface area contributed by atoms with Crippen LogP contribution in [0.25, 0.3) is 16.6 Å². The van der Waals surface area contributed by atoms with Crippen LogP contribution in [0.4, 0.5) is 15.9 Å². The summed E-state index contributed by atoms with van der Waals surface area (Å²) in [6.07, 6.45) is 2.59. The Kier molecular flexibility index (Phi) is 4.44. The molecule has 0 bridgehead atoms. The second kappa shape index (κ2) is 7.19. The van der Waals surface area contributed by atoms with Gasteiger partial charge in [-0.1, -0.05) is 24.3 Å². The third-order valence-electron chi connectivity index (χ3n) is 5.86. The van der Waals surface area contributed by atoms with Gasteiger partial charge in [0.2, 0.25) is 5.43 Å². The number of aryl methyl sites for hydroxylation is 1. The monoisotopic (exact) mass is 430 g/mol. The van der Waals surface area contributed by atoms with E-state index in [0.717, 1.165) is 17.3 Å². The lowest BCUT2D eigenvalue weighted by Gasteiger charge is -2.21. The summed E-state index contributed by atoms with van der Waals surface area (Å²) < 4.78 is 17.4. The number of aromatic carboxylic acids is 1. The number of hydrogen-bond donors (Lipinski definition) is 2. The zero-order chi connectivity index (χ0) is 22.6. The van der Waals surface area contributed by atoms with Gasteiger partial charge in [0, 0.05) is 19.3 Å². The average molecular weight is 430 g/mol. The highest BCUT2D eigenvalue weighted by Crippen LogP contribution is 2.34. The number of carboxylic acid groups (broad SMARTS) is 1. The minimum absolute atomic E-state index is 0.00290. The molecule has 0 aliphatic carbocycles. The third kappa shape index (κ3) is 2.99. The Morgan fingerprint density at radius 2 is 1.81 bits per heavy atom. The second-order valence-corrected chi connectivity index (χ2v) is 7.86. The van der Waals surface area contributed by atoms with Crippen LogP contribution in [0.3, 0.4) is 0 Å². The molecule has 32 heavy (non-hydrogen) atoms. The molecule has 7 nitrogen and oxygen atoms in total. The molecule has 2 aromatic heterocycles. The van der Waals surface area contributed by atoms with Gasteiger partial charge < -0.3 is 20.3 Å². The number of pyridine rings is 2. The van der Waals surface area contributed by atoms with Crippen LogP contribution in [0.5, 0.6) is 0 Å². The van der Waals surface area contributed by atoms with E-state index < -0.39 is 22.8 Å². The Morgan fingerprint density at radius 1 is 1.12 bits per heavy atom. The van der Waals surface area contributed by atoms with Crippen molar-refractivity contribution in [2.75, 3.05) is 10.6 Å². The first-order valence-electron chi connectivity index (χ1n) is 10.0. The summed E-state index contributed by atoms with van der Waals surface area (Å²) in [5.74, 6) is -1.70. The molecule has 0 radical (unpaired) electrons. The second-order valence-electron chi connectivity index (χ2n) is 7.86. The summed E-state index contributed by atoms with van der Waals surface area (Å²) in [6, 6.07) is 12.5. The first-order chi connectivity index (χ1) is 15.3. The number of rotatable bonds is 3. The predicted octanol–water partition coefficient (Wildman–Crippen LogP) is 3.63. The molecule has 3 heterocycles. The first-order valence-corrected chi connectivity index (χ1v) is 10.0. The van der Waals surface area contributed by atoms with E-state index in [1.807, 2.05) is 29.2 Å². The minimum atomic E-state index is -1.38. The zero-order valence-corrected chi connectivity index (χ0v) is 17.2. The number of carbonyl (C=O) groups is 1. The minimum Gasteiger partial charge on any atom is -0.477 e. The number of anilines is 2. The van der Waals surface area contributed by atoms with Crippen molar-refractivity contribution in [3.8, 4) is 5.69 Å². The van der Waals surface area contributed by atoms with Crippen LogP contribution in [-0.2, 0) is 13.1 Å². The third-order valence-corrected chi connectivity index (χ3v) is 5.86. The molecule has 0 saturated carbocycles. The van der Waals surface area contributed by atoms with Crippen LogP contribution in [0, 0.1) is 12.7 Å². The van der Waals surface area contributed by atoms with Crippen LogP contribution < -0.4 is 16.1 Å². The zero-order valence-electron chi connectivity index (χ0n) is 17.2. The lowest BCUT2D eigenvalue weighted by atomic mass is 10.1. The lowest BCUT2D eigenvalue weighted by molar-refractivity contribution is 0.0695. The first kappa shape index (κ1) is 19.7. The number of carboxylic acids is 1. The number of nitrogens with zero attached hydrogens (tertiary/aromatic N) is 3. The standard InChI is InChI=1S/C24H19FN4O3/c1-13-8-20(26)27-9-19(13)29-12-17(24(31)32)23(30)16-6-7-18(21(25)22(16)29)28-10-14-4-2-3-5-15(14)11-28/h2-9,12H,10-11H2,1H3,(H2,26,27)(H,31,32). The van der Waals surface area contributed by atoms with E-state index in [4.69, 9.17) is 5.73 Å². The van der Waals surface area contributed by atoms with Gasteiger partial charge in [0.25, 0.3) is 0 Å². The normalized spacial score (nSPS) is 12.9. The Bertz CT molecular complexity index is 1450. The van der Waals surface area contributed by atoms with Gasteiger partial charge in [-0.3, -0.25) is 4.79 Å². The van der Waals surface area contributed by atoms with Crippen LogP contribution in [-0.4, -0.2) is 20.6 Å². The summed E-state index contributed by atoms with van der Waals surface area (Å²) in [5.41, 5.74) is 8.24. The number of benzene rings is 2. The predicted molar refractivity (Wildman–Crippen MR) is 120 cm³/mol. The molecule has 0 saturated heterocycles. The molecule has 0 spiro atoms. The van der Waals surface area contributed by atoms with E-state index in [9.17, 15) is 14.7 Å². The summed E-state index contributed by atoms with van der Waals surface area (Å²) in [6.45, 7) is 2.84. The fourth-order valence-corrected chi connectivity index (χ4v) is 4.28. The lowest BCUT2D eigenvalue weighted by Crippen LogP contribution is -2.21. The molecule has 1 aliphatic rings. The van der Waals surface area contributed by atoms with Gasteiger partial charge in [-0.15, -0.1) is 0 Å². The number of aromatic nitrogens is 2. The molecule has 8 heteroatoms. The van der Waals surface area contributed by atoms with Crippen LogP contribution in [0.2, 0.25) is 0 Å². The quantitative estimate of drug-likeness (QED) is 0.515. The maximum Gasteiger partial charge on any atom is 0.341 e. The Balaban J connectivity index is 1.78. The number of nitrogens with two attached hydrogens (primary N) is 1. The largest absolute Gasteiger partial charge is 0.477 e. The van der Waals surface area contributed by atoms with Crippen LogP contribution >= 0.6 is 0 Å². The molecule has 1 aliphatic heterocycles. The SMILES string of the molecule is Cc1cc(N)ncc1-n1cc(C(=O)O)c(=O)c2ccc(N3Cc4ccccc4C3)c(F)c21. The van der Waals surface area contributed by atoms with Gasteiger partial charge in [0.05, 0.1) is 28.5 Å². The van der Waals surface area contributed by atoms with E-state index in [0.29, 0.717) is 30.0 Å². The van der Waals surface area contributed by atoms with E-state index in [2.05, 4.69) is 4.98 Å². The van der Waals surface area contributed by atoms with Gasteiger partial charge in [0.1, 0.15) is 11.4 Å². The Morgan fingerprint density at radius 3 is 2.44 bits per heavy atom. The van der Waals surface area contributed by atoms with Crippen molar-refractivity contribution in [2.45, 2.75) is 20.0 Å². The highest BCUT2D eigenvalue weighted by atomic mass is 19.1. The van der Waals surface area contributed by atoms with Crippen molar-refractivity contribution < 1.29 is 14.3 Å². The summed E-state index contributed by atoms with van der Waals surface area (Å²) in [5, 5.41) is 9.54. The van der Waals surface area contributed by atoms with Gasteiger partial charge >= 0.3 is 5.97 Å². The van der Waals surface area contributed by atoms with E-state index >= 15 is 4.39 Å². The van der Waals surface area contributed by atoms with Crippen molar-refractivity contribution >= 4 is 28.4 Å². The maximum atomic E-state index is 16.0. The molecule has 160 valence electrons. The van der Waals surface area contributed by atoms with Crippen molar-refractivity contribution in [3.05, 3.63) is 93.2 Å². The summed E-state index contributed by atoms with van der Waals surface area (Å²) >= 11 is 0. The number of hydrogen-bond acceptors (Lipinski definition) is 5. The number of nitrogen functional groups attached to an aromatic ring is 1. The maximum absolute atomic E-state index is 16.0. The smallest absolute Gasteiger partial charge is 0.341 e.